The van der Waals surface area contributed by atoms with E-state index in [0.717, 1.165) is 31.5 Å². The number of piperidine rings is 1. The highest BCUT2D eigenvalue weighted by atomic mass is 35.5. The Hall–Kier alpha value is -0.640. The van der Waals surface area contributed by atoms with Crippen LogP contribution in [0, 0.1) is 11.7 Å². The van der Waals surface area contributed by atoms with E-state index in [1.54, 1.807) is 12.1 Å². The molecule has 18 heavy (non-hydrogen) atoms. The maximum absolute atomic E-state index is 13.4. The first kappa shape index (κ1) is 13.8. The Morgan fingerprint density at radius 3 is 2.94 bits per heavy atom. The van der Waals surface area contributed by atoms with Crippen molar-refractivity contribution < 1.29 is 9.50 Å². The molecule has 1 saturated heterocycles. The van der Waals surface area contributed by atoms with Crippen LogP contribution in [0.4, 0.5) is 4.39 Å². The molecule has 0 bridgehead atoms. The third-order valence-corrected chi connectivity index (χ3v) is 4.03. The Kier molecular flexibility index (Phi) is 4.25. The van der Waals surface area contributed by atoms with Crippen molar-refractivity contribution in [3.63, 3.8) is 0 Å². The molecule has 4 heteroatoms. The van der Waals surface area contributed by atoms with Crippen LogP contribution in [-0.2, 0) is 6.42 Å². The van der Waals surface area contributed by atoms with Crippen molar-refractivity contribution in [2.75, 3.05) is 13.1 Å². The van der Waals surface area contributed by atoms with Crippen molar-refractivity contribution in [3.8, 4) is 0 Å². The van der Waals surface area contributed by atoms with Gasteiger partial charge < -0.3 is 10.4 Å². The molecule has 2 atom stereocenters. The lowest BCUT2D eigenvalue weighted by atomic mass is 9.79. The molecule has 0 radical (unpaired) electrons. The van der Waals surface area contributed by atoms with Gasteiger partial charge in [-0.2, -0.15) is 0 Å². The lowest BCUT2D eigenvalue weighted by molar-refractivity contribution is -0.0102. The number of halogens is 2. The lowest BCUT2D eigenvalue weighted by Crippen LogP contribution is -2.45. The van der Waals surface area contributed by atoms with E-state index >= 15 is 0 Å². The Balaban J connectivity index is 2.08. The summed E-state index contributed by atoms with van der Waals surface area (Å²) in [5, 5.41) is 14.0. The van der Waals surface area contributed by atoms with Crippen LogP contribution in [0.5, 0.6) is 0 Å². The largest absolute Gasteiger partial charge is 0.389 e. The molecule has 1 aliphatic rings. The molecule has 0 amide bonds. The van der Waals surface area contributed by atoms with E-state index in [2.05, 4.69) is 5.32 Å². The Labute approximate surface area is 112 Å². The van der Waals surface area contributed by atoms with E-state index in [-0.39, 0.29) is 10.9 Å². The molecule has 2 unspecified atom stereocenters. The minimum atomic E-state index is -0.812. The van der Waals surface area contributed by atoms with E-state index < -0.39 is 11.4 Å². The van der Waals surface area contributed by atoms with Crippen LogP contribution in [0.1, 0.15) is 25.3 Å². The summed E-state index contributed by atoms with van der Waals surface area (Å²) in [6.45, 7) is 3.67. The highest BCUT2D eigenvalue weighted by Gasteiger charge is 2.32. The minimum absolute atomic E-state index is 0.123. The predicted octanol–water partition coefficient (Wildman–Crippen LogP) is 2.77. The van der Waals surface area contributed by atoms with Crippen LogP contribution in [0.15, 0.2) is 18.2 Å². The van der Waals surface area contributed by atoms with Crippen LogP contribution < -0.4 is 5.32 Å². The molecule has 1 aromatic rings. The normalized spacial score (nSPS) is 23.7. The second-order valence-corrected chi connectivity index (χ2v) is 5.73. The van der Waals surface area contributed by atoms with E-state index in [1.165, 1.54) is 6.07 Å². The average molecular weight is 272 g/mol. The molecule has 1 aromatic carbocycles. The van der Waals surface area contributed by atoms with E-state index in [1.807, 2.05) is 6.92 Å². The maximum atomic E-state index is 13.4. The fraction of sp³-hybridized carbons (Fsp3) is 0.571. The van der Waals surface area contributed by atoms with Gasteiger partial charge in [0, 0.05) is 18.9 Å². The second-order valence-electron chi connectivity index (χ2n) is 5.33. The van der Waals surface area contributed by atoms with Crippen LogP contribution in [0.25, 0.3) is 0 Å². The molecular weight excluding hydrogens is 253 g/mol. The Morgan fingerprint density at radius 2 is 2.33 bits per heavy atom. The summed E-state index contributed by atoms with van der Waals surface area (Å²) in [6.07, 6.45) is 2.54. The SMILES string of the molecule is CC(O)(Cc1ccc(Cl)c(F)c1)C1CCCNC1. The smallest absolute Gasteiger partial charge is 0.142 e. The Morgan fingerprint density at radius 1 is 1.56 bits per heavy atom. The van der Waals surface area contributed by atoms with Crippen LogP contribution >= 0.6 is 11.6 Å². The number of nitrogens with one attached hydrogen (secondary N) is 1. The van der Waals surface area contributed by atoms with Crippen molar-refractivity contribution in [3.05, 3.63) is 34.6 Å². The van der Waals surface area contributed by atoms with Crippen LogP contribution in [-0.4, -0.2) is 23.8 Å². The molecule has 1 fully saturated rings. The van der Waals surface area contributed by atoms with Gasteiger partial charge in [0.2, 0.25) is 0 Å². The topological polar surface area (TPSA) is 32.3 Å². The number of aliphatic hydroxyl groups is 1. The molecule has 0 aliphatic carbocycles. The molecule has 0 aromatic heterocycles. The van der Waals surface area contributed by atoms with E-state index in [4.69, 9.17) is 11.6 Å². The number of rotatable bonds is 3. The molecule has 0 saturated carbocycles. The van der Waals surface area contributed by atoms with Gasteiger partial charge in [0.1, 0.15) is 5.82 Å². The van der Waals surface area contributed by atoms with Crippen LogP contribution in [0.2, 0.25) is 5.02 Å². The van der Waals surface area contributed by atoms with Gasteiger partial charge in [-0.15, -0.1) is 0 Å². The van der Waals surface area contributed by atoms with Crippen molar-refractivity contribution in [1.82, 2.24) is 5.32 Å². The molecule has 1 heterocycles. The zero-order valence-corrected chi connectivity index (χ0v) is 11.3. The quantitative estimate of drug-likeness (QED) is 0.886. The molecular formula is C14H19ClFNO. The van der Waals surface area contributed by atoms with Gasteiger partial charge in [0.25, 0.3) is 0 Å². The molecule has 2 rings (SSSR count). The van der Waals surface area contributed by atoms with Crippen molar-refractivity contribution >= 4 is 11.6 Å². The van der Waals surface area contributed by atoms with Gasteiger partial charge >= 0.3 is 0 Å². The summed E-state index contributed by atoms with van der Waals surface area (Å²) in [7, 11) is 0. The zero-order chi connectivity index (χ0) is 13.2. The fourth-order valence-electron chi connectivity index (χ4n) is 2.59. The molecule has 2 nitrogen and oxygen atoms in total. The third kappa shape index (κ3) is 3.22. The average Bonchev–Trinajstić information content (AvgIpc) is 2.35. The van der Waals surface area contributed by atoms with Gasteiger partial charge in [-0.1, -0.05) is 17.7 Å². The van der Waals surface area contributed by atoms with Crippen molar-refractivity contribution in [2.24, 2.45) is 5.92 Å². The first-order valence-corrected chi connectivity index (χ1v) is 6.74. The summed E-state index contributed by atoms with van der Waals surface area (Å²) >= 11 is 5.65. The minimum Gasteiger partial charge on any atom is -0.389 e. The summed E-state index contributed by atoms with van der Waals surface area (Å²) in [5.74, 6) is -0.211. The molecule has 2 N–H and O–H groups in total. The van der Waals surface area contributed by atoms with Gasteiger partial charge in [-0.05, 0) is 44.0 Å². The van der Waals surface area contributed by atoms with E-state index in [9.17, 15) is 9.50 Å². The standard InChI is InChI=1S/C14H19ClFNO/c1-14(18,11-3-2-6-17-9-11)8-10-4-5-12(15)13(16)7-10/h4-5,7,11,17-18H,2-3,6,8-9H2,1H3. The predicted molar refractivity (Wildman–Crippen MR) is 71.3 cm³/mol. The number of hydrogen-bond acceptors (Lipinski definition) is 2. The molecule has 0 spiro atoms. The molecule has 100 valence electrons. The van der Waals surface area contributed by atoms with Gasteiger partial charge in [0.05, 0.1) is 10.6 Å². The van der Waals surface area contributed by atoms with Gasteiger partial charge in [-0.25, -0.2) is 4.39 Å². The zero-order valence-electron chi connectivity index (χ0n) is 10.5. The Bertz CT molecular complexity index is 416. The summed E-state index contributed by atoms with van der Waals surface area (Å²) < 4.78 is 13.4. The molecule has 1 aliphatic heterocycles. The first-order chi connectivity index (χ1) is 8.49. The lowest BCUT2D eigenvalue weighted by Gasteiger charge is -2.36. The second kappa shape index (κ2) is 5.55. The fourth-order valence-corrected chi connectivity index (χ4v) is 2.71. The maximum Gasteiger partial charge on any atom is 0.142 e. The first-order valence-electron chi connectivity index (χ1n) is 6.36. The van der Waals surface area contributed by atoms with E-state index in [0.29, 0.717) is 6.42 Å². The van der Waals surface area contributed by atoms with Gasteiger partial charge in [-0.3, -0.25) is 0 Å². The highest BCUT2D eigenvalue weighted by molar-refractivity contribution is 6.30. The number of benzene rings is 1. The van der Waals surface area contributed by atoms with Gasteiger partial charge in [0.15, 0.2) is 0 Å². The third-order valence-electron chi connectivity index (χ3n) is 3.72. The van der Waals surface area contributed by atoms with Crippen molar-refractivity contribution in [2.45, 2.75) is 31.8 Å². The summed E-state index contributed by atoms with van der Waals surface area (Å²) in [6, 6.07) is 4.73. The van der Waals surface area contributed by atoms with Crippen LogP contribution in [0.3, 0.4) is 0 Å². The summed E-state index contributed by atoms with van der Waals surface area (Å²) in [5.41, 5.74) is -0.0271. The summed E-state index contributed by atoms with van der Waals surface area (Å²) in [4.78, 5) is 0. The number of hydrogen-bond donors (Lipinski definition) is 2. The monoisotopic (exact) mass is 271 g/mol. The highest BCUT2D eigenvalue weighted by Crippen LogP contribution is 2.28. The van der Waals surface area contributed by atoms with Crippen molar-refractivity contribution in [1.29, 1.82) is 0 Å².